The number of hydrogen-bond donors (Lipinski definition) is 0. The lowest BCUT2D eigenvalue weighted by molar-refractivity contribution is 0.0979. The second-order valence-electron chi connectivity index (χ2n) is 4.47. The van der Waals surface area contributed by atoms with Crippen LogP contribution in [-0.2, 0) is 13.6 Å². The van der Waals surface area contributed by atoms with E-state index in [2.05, 4.69) is 15.1 Å². The van der Waals surface area contributed by atoms with Crippen LogP contribution >= 0.6 is 0 Å². The molecule has 18 heavy (non-hydrogen) atoms. The van der Waals surface area contributed by atoms with E-state index in [0.29, 0.717) is 13.0 Å². The SMILES string of the molecule is Cn1cnnc1CN1CCC(=O)c2ccccc21. The lowest BCUT2D eigenvalue weighted by Crippen LogP contribution is -2.32. The van der Waals surface area contributed by atoms with Gasteiger partial charge in [-0.3, -0.25) is 4.79 Å². The summed E-state index contributed by atoms with van der Waals surface area (Å²) >= 11 is 0. The maximum atomic E-state index is 11.8. The molecule has 0 unspecified atom stereocenters. The van der Waals surface area contributed by atoms with Gasteiger partial charge in [-0.15, -0.1) is 10.2 Å². The van der Waals surface area contributed by atoms with Gasteiger partial charge in [-0.05, 0) is 12.1 Å². The highest BCUT2D eigenvalue weighted by molar-refractivity contribution is 6.03. The predicted molar refractivity (Wildman–Crippen MR) is 67.4 cm³/mol. The third kappa shape index (κ3) is 1.77. The maximum absolute atomic E-state index is 11.8. The average Bonchev–Trinajstić information content (AvgIpc) is 2.79. The molecule has 3 rings (SSSR count). The van der Waals surface area contributed by atoms with Gasteiger partial charge in [0.25, 0.3) is 0 Å². The van der Waals surface area contributed by atoms with E-state index < -0.39 is 0 Å². The van der Waals surface area contributed by atoms with Gasteiger partial charge in [0.1, 0.15) is 6.33 Å². The first kappa shape index (κ1) is 11.0. The second kappa shape index (κ2) is 4.25. The van der Waals surface area contributed by atoms with Gasteiger partial charge in [-0.25, -0.2) is 0 Å². The molecule has 1 aromatic heterocycles. The van der Waals surface area contributed by atoms with Crippen LogP contribution in [-0.4, -0.2) is 27.1 Å². The number of benzene rings is 1. The molecule has 5 heteroatoms. The van der Waals surface area contributed by atoms with Crippen molar-refractivity contribution in [2.45, 2.75) is 13.0 Å². The average molecular weight is 242 g/mol. The molecule has 0 bridgehead atoms. The molecule has 1 aromatic carbocycles. The molecular formula is C13H14N4O. The van der Waals surface area contributed by atoms with Crippen molar-refractivity contribution in [3.63, 3.8) is 0 Å². The molecular weight excluding hydrogens is 228 g/mol. The fourth-order valence-corrected chi connectivity index (χ4v) is 2.26. The number of fused-ring (bicyclic) bond motifs is 1. The molecule has 0 saturated heterocycles. The van der Waals surface area contributed by atoms with Crippen LogP contribution in [0.2, 0.25) is 0 Å². The van der Waals surface area contributed by atoms with E-state index >= 15 is 0 Å². The topological polar surface area (TPSA) is 51.0 Å². The highest BCUT2D eigenvalue weighted by Gasteiger charge is 2.23. The van der Waals surface area contributed by atoms with Crippen molar-refractivity contribution in [2.24, 2.45) is 7.05 Å². The maximum Gasteiger partial charge on any atom is 0.166 e. The number of carbonyl (C=O) groups excluding carboxylic acids is 1. The van der Waals surface area contributed by atoms with Crippen molar-refractivity contribution < 1.29 is 4.79 Å². The monoisotopic (exact) mass is 242 g/mol. The van der Waals surface area contributed by atoms with E-state index in [0.717, 1.165) is 23.6 Å². The van der Waals surface area contributed by atoms with E-state index in [1.54, 1.807) is 6.33 Å². The Morgan fingerprint density at radius 1 is 1.33 bits per heavy atom. The fraction of sp³-hybridized carbons (Fsp3) is 0.308. The summed E-state index contributed by atoms with van der Waals surface area (Å²) in [6.45, 7) is 1.42. The van der Waals surface area contributed by atoms with Crippen molar-refractivity contribution in [2.75, 3.05) is 11.4 Å². The van der Waals surface area contributed by atoms with Crippen LogP contribution < -0.4 is 4.90 Å². The Bertz CT molecular complexity index is 590. The summed E-state index contributed by atoms with van der Waals surface area (Å²) in [5.41, 5.74) is 1.81. The van der Waals surface area contributed by atoms with E-state index in [1.165, 1.54) is 0 Å². The first-order valence-electron chi connectivity index (χ1n) is 5.96. The van der Waals surface area contributed by atoms with Crippen LogP contribution in [0.15, 0.2) is 30.6 Å². The van der Waals surface area contributed by atoms with Gasteiger partial charge < -0.3 is 9.47 Å². The number of rotatable bonds is 2. The van der Waals surface area contributed by atoms with E-state index in [4.69, 9.17) is 0 Å². The molecule has 0 fully saturated rings. The predicted octanol–water partition coefficient (Wildman–Crippen LogP) is 1.41. The summed E-state index contributed by atoms with van der Waals surface area (Å²) in [6, 6.07) is 7.74. The van der Waals surface area contributed by atoms with Gasteiger partial charge >= 0.3 is 0 Å². The number of aromatic nitrogens is 3. The molecule has 5 nitrogen and oxygen atoms in total. The molecule has 92 valence electrons. The van der Waals surface area contributed by atoms with E-state index in [-0.39, 0.29) is 5.78 Å². The molecule has 1 aliphatic heterocycles. The van der Waals surface area contributed by atoms with E-state index in [9.17, 15) is 4.79 Å². The number of ketones is 1. The zero-order valence-electron chi connectivity index (χ0n) is 10.2. The highest BCUT2D eigenvalue weighted by atomic mass is 16.1. The Kier molecular flexibility index (Phi) is 2.59. The number of hydrogen-bond acceptors (Lipinski definition) is 4. The number of aryl methyl sites for hydroxylation is 1. The van der Waals surface area contributed by atoms with Crippen LogP contribution in [0.1, 0.15) is 22.6 Å². The fourth-order valence-electron chi connectivity index (χ4n) is 2.26. The van der Waals surface area contributed by atoms with E-state index in [1.807, 2.05) is 35.9 Å². The second-order valence-corrected chi connectivity index (χ2v) is 4.47. The number of Topliss-reactive ketones (excluding diaryl/α,β-unsaturated/α-hetero) is 1. The standard InChI is InChI=1S/C13H14N4O/c1-16-9-14-15-13(16)8-17-7-6-12(18)10-4-2-3-5-11(10)17/h2-5,9H,6-8H2,1H3. The molecule has 0 spiro atoms. The minimum atomic E-state index is 0.222. The number of anilines is 1. The van der Waals surface area contributed by atoms with Crippen molar-refractivity contribution in [3.05, 3.63) is 42.0 Å². The lowest BCUT2D eigenvalue weighted by atomic mass is 10.0. The van der Waals surface area contributed by atoms with Crippen molar-refractivity contribution in [3.8, 4) is 0 Å². The molecule has 1 aliphatic rings. The van der Waals surface area contributed by atoms with Gasteiger partial charge in [-0.1, -0.05) is 12.1 Å². The first-order chi connectivity index (χ1) is 8.75. The molecule has 0 amide bonds. The summed E-state index contributed by atoms with van der Waals surface area (Å²) in [5.74, 6) is 1.12. The van der Waals surface area contributed by atoms with Crippen LogP contribution in [0.4, 0.5) is 5.69 Å². The van der Waals surface area contributed by atoms with Gasteiger partial charge in [0, 0.05) is 31.3 Å². The van der Waals surface area contributed by atoms with Crippen LogP contribution in [0.25, 0.3) is 0 Å². The Morgan fingerprint density at radius 2 is 2.17 bits per heavy atom. The van der Waals surface area contributed by atoms with Gasteiger partial charge in [0.05, 0.1) is 6.54 Å². The summed E-state index contributed by atoms with van der Waals surface area (Å²) in [6.07, 6.45) is 2.26. The number of para-hydroxylation sites is 1. The molecule has 0 saturated carbocycles. The summed E-state index contributed by atoms with van der Waals surface area (Å²) < 4.78 is 1.90. The smallest absolute Gasteiger partial charge is 0.166 e. The molecule has 0 N–H and O–H groups in total. The van der Waals surface area contributed by atoms with Crippen LogP contribution in [0, 0.1) is 0 Å². The summed E-state index contributed by atoms with van der Waals surface area (Å²) in [7, 11) is 1.93. The Hall–Kier alpha value is -2.17. The largest absolute Gasteiger partial charge is 0.363 e. The Labute approximate surface area is 105 Å². The van der Waals surface area contributed by atoms with Crippen molar-refractivity contribution in [1.29, 1.82) is 0 Å². The van der Waals surface area contributed by atoms with Crippen LogP contribution in [0.5, 0.6) is 0 Å². The van der Waals surface area contributed by atoms with Gasteiger partial charge in [0.15, 0.2) is 11.6 Å². The zero-order valence-corrected chi connectivity index (χ0v) is 10.2. The molecule has 0 radical (unpaired) electrons. The number of carbonyl (C=O) groups is 1. The molecule has 2 heterocycles. The third-order valence-electron chi connectivity index (χ3n) is 3.29. The van der Waals surface area contributed by atoms with Crippen molar-refractivity contribution >= 4 is 11.5 Å². The Balaban J connectivity index is 1.93. The normalized spacial score (nSPS) is 14.7. The third-order valence-corrected chi connectivity index (χ3v) is 3.29. The minimum Gasteiger partial charge on any atom is -0.363 e. The molecule has 0 aliphatic carbocycles. The Morgan fingerprint density at radius 3 is 2.94 bits per heavy atom. The quantitative estimate of drug-likeness (QED) is 0.799. The van der Waals surface area contributed by atoms with Gasteiger partial charge in [0.2, 0.25) is 0 Å². The van der Waals surface area contributed by atoms with Crippen LogP contribution in [0.3, 0.4) is 0 Å². The van der Waals surface area contributed by atoms with Crippen molar-refractivity contribution in [1.82, 2.24) is 14.8 Å². The lowest BCUT2D eigenvalue weighted by Gasteiger charge is -2.29. The summed E-state index contributed by atoms with van der Waals surface area (Å²) in [5, 5.41) is 7.97. The number of nitrogens with zero attached hydrogens (tertiary/aromatic N) is 4. The highest BCUT2D eigenvalue weighted by Crippen LogP contribution is 2.27. The first-order valence-corrected chi connectivity index (χ1v) is 5.96. The molecule has 0 atom stereocenters. The summed E-state index contributed by atoms with van der Waals surface area (Å²) in [4.78, 5) is 14.0. The minimum absolute atomic E-state index is 0.222. The van der Waals surface area contributed by atoms with Gasteiger partial charge in [-0.2, -0.15) is 0 Å². The zero-order chi connectivity index (χ0) is 12.5. The molecule has 2 aromatic rings.